The molecule has 1 aromatic carbocycles. The summed E-state index contributed by atoms with van der Waals surface area (Å²) in [7, 11) is 0. The van der Waals surface area contributed by atoms with E-state index in [1.807, 2.05) is 29.2 Å². The largest absolute Gasteiger partial charge is 0.484 e. The zero-order chi connectivity index (χ0) is 18.4. The zero-order valence-electron chi connectivity index (χ0n) is 14.8. The first-order valence-electron chi connectivity index (χ1n) is 8.62. The van der Waals surface area contributed by atoms with Crippen molar-refractivity contribution in [2.45, 2.75) is 19.8 Å². The molecule has 1 saturated heterocycles. The second kappa shape index (κ2) is 8.75. The average Bonchev–Trinajstić information content (AvgIpc) is 3.20. The molecule has 1 aliphatic heterocycles. The molecule has 1 aromatic heterocycles. The second-order valence-electron chi connectivity index (χ2n) is 6.23. The van der Waals surface area contributed by atoms with Crippen molar-refractivity contribution < 1.29 is 14.3 Å². The number of hydrogen-bond acceptors (Lipinski definition) is 7. The number of piperazine rings is 1. The summed E-state index contributed by atoms with van der Waals surface area (Å²) in [4.78, 5) is 31.5. The van der Waals surface area contributed by atoms with Gasteiger partial charge in [0.25, 0.3) is 5.91 Å². The molecule has 26 heavy (non-hydrogen) atoms. The van der Waals surface area contributed by atoms with E-state index in [0.29, 0.717) is 25.3 Å². The summed E-state index contributed by atoms with van der Waals surface area (Å²) in [5.41, 5.74) is 1.09. The highest BCUT2D eigenvalue weighted by Crippen LogP contribution is 2.17. The maximum Gasteiger partial charge on any atom is 0.260 e. The van der Waals surface area contributed by atoms with Crippen LogP contribution in [-0.4, -0.2) is 58.7 Å². The monoisotopic (exact) mass is 374 g/mol. The van der Waals surface area contributed by atoms with Gasteiger partial charge in [-0.25, -0.2) is 4.98 Å². The summed E-state index contributed by atoms with van der Waals surface area (Å²) in [5, 5.41) is 0.901. The lowest BCUT2D eigenvalue weighted by atomic mass is 10.1. The van der Waals surface area contributed by atoms with Gasteiger partial charge in [-0.05, 0) is 31.0 Å². The van der Waals surface area contributed by atoms with Crippen LogP contribution >= 0.6 is 11.5 Å². The van der Waals surface area contributed by atoms with E-state index >= 15 is 0 Å². The minimum absolute atomic E-state index is 0.0115. The van der Waals surface area contributed by atoms with Gasteiger partial charge in [-0.2, -0.15) is 4.37 Å². The first kappa shape index (κ1) is 18.3. The fraction of sp³-hybridized carbons (Fsp3) is 0.444. The van der Waals surface area contributed by atoms with Crippen molar-refractivity contribution in [1.29, 1.82) is 0 Å². The van der Waals surface area contributed by atoms with Crippen LogP contribution in [0.5, 0.6) is 5.75 Å². The Balaban J connectivity index is 1.42. The number of amides is 1. The maximum atomic E-state index is 12.3. The molecule has 0 unspecified atom stereocenters. The van der Waals surface area contributed by atoms with Gasteiger partial charge < -0.3 is 19.3 Å². The molecule has 0 radical (unpaired) electrons. The Morgan fingerprint density at radius 2 is 1.88 bits per heavy atom. The Kier molecular flexibility index (Phi) is 6.17. The van der Waals surface area contributed by atoms with E-state index < -0.39 is 0 Å². The van der Waals surface area contributed by atoms with Gasteiger partial charge in [-0.3, -0.25) is 4.79 Å². The SMILES string of the molecule is CC(=O)CCc1ccc(OCC(=O)N2CCN(c3ncns3)CC2)cc1. The van der Waals surface area contributed by atoms with Gasteiger partial charge in [-0.15, -0.1) is 0 Å². The van der Waals surface area contributed by atoms with E-state index in [9.17, 15) is 9.59 Å². The fourth-order valence-corrected chi connectivity index (χ4v) is 3.34. The third-order valence-corrected chi connectivity index (χ3v) is 5.03. The van der Waals surface area contributed by atoms with Crippen LogP contribution < -0.4 is 9.64 Å². The molecule has 1 fully saturated rings. The minimum atomic E-state index is -0.0115. The Hall–Kier alpha value is -2.48. The molecular formula is C18H22N4O3S. The number of ether oxygens (including phenoxy) is 1. The molecule has 2 aromatic rings. The third kappa shape index (κ3) is 5.01. The summed E-state index contributed by atoms with van der Waals surface area (Å²) < 4.78 is 9.62. The normalized spacial score (nSPS) is 14.3. The molecule has 2 heterocycles. The second-order valence-corrected chi connectivity index (χ2v) is 6.98. The highest BCUT2D eigenvalue weighted by molar-refractivity contribution is 7.09. The molecule has 8 heteroatoms. The van der Waals surface area contributed by atoms with E-state index in [4.69, 9.17) is 4.74 Å². The average molecular weight is 374 g/mol. The van der Waals surface area contributed by atoms with Gasteiger partial charge in [-0.1, -0.05) is 12.1 Å². The van der Waals surface area contributed by atoms with Crippen LogP contribution in [0.25, 0.3) is 0 Å². The standard InChI is InChI=1S/C18H22N4O3S/c1-14(23)2-3-15-4-6-16(7-5-15)25-12-17(24)21-8-10-22(11-9-21)18-19-13-20-26-18/h4-7,13H,2-3,8-12H2,1H3. The summed E-state index contributed by atoms with van der Waals surface area (Å²) in [6, 6.07) is 7.56. The number of aromatic nitrogens is 2. The first-order valence-corrected chi connectivity index (χ1v) is 9.40. The molecule has 0 N–H and O–H groups in total. The zero-order valence-corrected chi connectivity index (χ0v) is 15.6. The molecule has 1 aliphatic rings. The Morgan fingerprint density at radius 1 is 1.15 bits per heavy atom. The topological polar surface area (TPSA) is 75.6 Å². The van der Waals surface area contributed by atoms with E-state index in [1.165, 1.54) is 11.5 Å². The quantitative estimate of drug-likeness (QED) is 0.735. The molecule has 138 valence electrons. The summed E-state index contributed by atoms with van der Waals surface area (Å²) in [6.07, 6.45) is 2.83. The fourth-order valence-electron chi connectivity index (χ4n) is 2.76. The summed E-state index contributed by atoms with van der Waals surface area (Å²) in [5.74, 6) is 0.835. The lowest BCUT2D eigenvalue weighted by Gasteiger charge is -2.34. The van der Waals surface area contributed by atoms with Crippen LogP contribution in [0.2, 0.25) is 0 Å². The van der Waals surface area contributed by atoms with E-state index in [1.54, 1.807) is 13.3 Å². The third-order valence-electron chi connectivity index (χ3n) is 4.30. The van der Waals surface area contributed by atoms with Crippen LogP contribution in [-0.2, 0) is 16.0 Å². The highest BCUT2D eigenvalue weighted by atomic mass is 32.1. The van der Waals surface area contributed by atoms with Crippen LogP contribution in [0, 0.1) is 0 Å². The van der Waals surface area contributed by atoms with Gasteiger partial charge in [0, 0.05) is 44.1 Å². The number of rotatable bonds is 7. The van der Waals surface area contributed by atoms with Gasteiger partial charge in [0.05, 0.1) is 0 Å². The van der Waals surface area contributed by atoms with Gasteiger partial charge in [0.2, 0.25) is 5.13 Å². The predicted octanol–water partition coefficient (Wildman–Crippen LogP) is 1.79. The summed E-state index contributed by atoms with van der Waals surface area (Å²) >= 11 is 1.37. The molecule has 0 bridgehead atoms. The van der Waals surface area contributed by atoms with Crippen molar-refractivity contribution in [3.63, 3.8) is 0 Å². The lowest BCUT2D eigenvalue weighted by Crippen LogP contribution is -2.50. The maximum absolute atomic E-state index is 12.3. The van der Waals surface area contributed by atoms with Gasteiger partial charge >= 0.3 is 0 Å². The number of nitrogens with zero attached hydrogens (tertiary/aromatic N) is 4. The number of ketones is 1. The molecule has 7 nitrogen and oxygen atoms in total. The Bertz CT molecular complexity index is 725. The highest BCUT2D eigenvalue weighted by Gasteiger charge is 2.22. The van der Waals surface area contributed by atoms with Gasteiger partial charge in [0.1, 0.15) is 17.9 Å². The minimum Gasteiger partial charge on any atom is -0.484 e. The number of benzene rings is 1. The molecule has 0 spiro atoms. The molecule has 1 amide bonds. The number of carbonyl (C=O) groups is 2. The van der Waals surface area contributed by atoms with Crippen LogP contribution in [0.4, 0.5) is 5.13 Å². The van der Waals surface area contributed by atoms with Crippen LogP contribution in [0.1, 0.15) is 18.9 Å². The number of anilines is 1. The van der Waals surface area contributed by atoms with Crippen molar-refractivity contribution in [1.82, 2.24) is 14.3 Å². The van der Waals surface area contributed by atoms with Gasteiger partial charge in [0.15, 0.2) is 6.61 Å². The molecule has 0 saturated carbocycles. The number of aryl methyl sites for hydroxylation is 1. The van der Waals surface area contributed by atoms with Crippen molar-refractivity contribution in [2.75, 3.05) is 37.7 Å². The molecule has 3 rings (SSSR count). The lowest BCUT2D eigenvalue weighted by molar-refractivity contribution is -0.133. The number of hydrogen-bond donors (Lipinski definition) is 0. The van der Waals surface area contributed by atoms with E-state index in [-0.39, 0.29) is 18.3 Å². The van der Waals surface area contributed by atoms with E-state index in [2.05, 4.69) is 14.3 Å². The molecule has 0 atom stereocenters. The first-order chi connectivity index (χ1) is 12.6. The summed E-state index contributed by atoms with van der Waals surface area (Å²) in [6.45, 7) is 4.46. The Morgan fingerprint density at radius 3 is 2.50 bits per heavy atom. The van der Waals surface area contributed by atoms with E-state index in [0.717, 1.165) is 30.2 Å². The number of Topliss-reactive ketones (excluding diaryl/α,β-unsaturated/α-hetero) is 1. The van der Waals surface area contributed by atoms with Crippen molar-refractivity contribution >= 4 is 28.4 Å². The molecular weight excluding hydrogens is 352 g/mol. The number of carbonyl (C=O) groups excluding carboxylic acids is 2. The molecule has 0 aliphatic carbocycles. The van der Waals surface area contributed by atoms with Crippen molar-refractivity contribution in [3.05, 3.63) is 36.2 Å². The van der Waals surface area contributed by atoms with Crippen LogP contribution in [0.15, 0.2) is 30.6 Å². The Labute approximate surface area is 156 Å². The predicted molar refractivity (Wildman–Crippen MR) is 99.6 cm³/mol. The van der Waals surface area contributed by atoms with Crippen molar-refractivity contribution in [3.8, 4) is 5.75 Å². The van der Waals surface area contributed by atoms with Crippen LogP contribution in [0.3, 0.4) is 0 Å². The smallest absolute Gasteiger partial charge is 0.260 e. The van der Waals surface area contributed by atoms with Crippen molar-refractivity contribution in [2.24, 2.45) is 0 Å².